The summed E-state index contributed by atoms with van der Waals surface area (Å²) in [5.41, 5.74) is 4.47. The Balaban J connectivity index is 2.02. The van der Waals surface area contributed by atoms with Crippen LogP contribution >= 0.6 is 15.9 Å². The zero-order chi connectivity index (χ0) is 18.7. The molecule has 26 heavy (non-hydrogen) atoms. The molecule has 2 aromatic carbocycles. The molecular weight excluding hydrogens is 393 g/mol. The van der Waals surface area contributed by atoms with Crippen molar-refractivity contribution >= 4 is 21.7 Å². The molecule has 0 bridgehead atoms. The number of hydrogen-bond acceptors (Lipinski definition) is 2. The maximum absolute atomic E-state index is 13.5. The van der Waals surface area contributed by atoms with Gasteiger partial charge in [0.25, 0.3) is 0 Å². The molecule has 3 aromatic rings. The summed E-state index contributed by atoms with van der Waals surface area (Å²) < 4.78 is 14.5. The molecule has 3 rings (SSSR count). The van der Waals surface area contributed by atoms with Crippen LogP contribution < -0.4 is 0 Å². The van der Waals surface area contributed by atoms with E-state index in [-0.39, 0.29) is 18.1 Å². The molecule has 1 unspecified atom stereocenters. The molecule has 1 heterocycles. The van der Waals surface area contributed by atoms with Crippen molar-refractivity contribution in [1.82, 2.24) is 4.98 Å². The average molecular weight is 412 g/mol. The standard InChI is InChI=1S/C22H19BrFNO/c1-14-5-3-4-6-19(14)22(16-7-9-18(23)10-8-16)20(26)11-17-12-21(24)25-13-15(17)2/h3-10,12-13,22H,11H2,1-2H3. The van der Waals surface area contributed by atoms with E-state index >= 15 is 0 Å². The highest BCUT2D eigenvalue weighted by molar-refractivity contribution is 9.10. The first-order valence-corrected chi connectivity index (χ1v) is 9.19. The molecule has 0 aliphatic heterocycles. The SMILES string of the molecule is Cc1cnc(F)cc1CC(=O)C(c1ccc(Br)cc1)c1ccccc1C. The maximum Gasteiger partial charge on any atom is 0.213 e. The molecule has 1 atom stereocenters. The lowest BCUT2D eigenvalue weighted by Gasteiger charge is -2.20. The fourth-order valence-corrected chi connectivity index (χ4v) is 3.39. The highest BCUT2D eigenvalue weighted by Gasteiger charge is 2.24. The fraction of sp³-hybridized carbons (Fsp3) is 0.182. The third-order valence-electron chi connectivity index (χ3n) is 4.57. The Morgan fingerprint density at radius 3 is 2.46 bits per heavy atom. The summed E-state index contributed by atoms with van der Waals surface area (Å²) in [4.78, 5) is 16.9. The molecule has 132 valence electrons. The molecule has 0 saturated heterocycles. The Morgan fingerprint density at radius 2 is 1.77 bits per heavy atom. The Morgan fingerprint density at radius 1 is 1.08 bits per heavy atom. The first-order valence-electron chi connectivity index (χ1n) is 8.40. The molecular formula is C22H19BrFNO. The normalized spacial score (nSPS) is 12.0. The monoisotopic (exact) mass is 411 g/mol. The van der Waals surface area contributed by atoms with Crippen LogP contribution in [0.2, 0.25) is 0 Å². The molecule has 0 aliphatic rings. The number of aromatic nitrogens is 1. The molecule has 0 saturated carbocycles. The second-order valence-corrected chi connectivity index (χ2v) is 7.33. The van der Waals surface area contributed by atoms with Gasteiger partial charge in [-0.15, -0.1) is 0 Å². The van der Waals surface area contributed by atoms with Gasteiger partial charge in [0.1, 0.15) is 5.78 Å². The van der Waals surface area contributed by atoms with Gasteiger partial charge in [-0.25, -0.2) is 4.98 Å². The van der Waals surface area contributed by atoms with Crippen LogP contribution in [0.25, 0.3) is 0 Å². The first-order chi connectivity index (χ1) is 12.5. The third kappa shape index (κ3) is 4.07. The first kappa shape index (κ1) is 18.5. The molecule has 0 N–H and O–H groups in total. The van der Waals surface area contributed by atoms with E-state index in [2.05, 4.69) is 20.9 Å². The summed E-state index contributed by atoms with van der Waals surface area (Å²) in [6, 6.07) is 17.0. The number of rotatable bonds is 5. The van der Waals surface area contributed by atoms with Gasteiger partial charge >= 0.3 is 0 Å². The Kier molecular flexibility index (Phi) is 5.62. The minimum absolute atomic E-state index is 0.0373. The van der Waals surface area contributed by atoms with Crippen molar-refractivity contribution < 1.29 is 9.18 Å². The van der Waals surface area contributed by atoms with Crippen LogP contribution in [0, 0.1) is 19.8 Å². The van der Waals surface area contributed by atoms with Gasteiger partial charge in [-0.3, -0.25) is 4.79 Å². The van der Waals surface area contributed by atoms with Crippen molar-refractivity contribution in [3.63, 3.8) is 0 Å². The number of aryl methyl sites for hydroxylation is 2. The van der Waals surface area contributed by atoms with Gasteiger partial charge in [0.2, 0.25) is 5.95 Å². The lowest BCUT2D eigenvalue weighted by molar-refractivity contribution is -0.119. The summed E-state index contributed by atoms with van der Waals surface area (Å²) in [5, 5.41) is 0. The maximum atomic E-state index is 13.5. The van der Waals surface area contributed by atoms with Crippen molar-refractivity contribution in [2.45, 2.75) is 26.2 Å². The summed E-state index contributed by atoms with van der Waals surface area (Å²) in [7, 11) is 0. The van der Waals surface area contributed by atoms with Crippen LogP contribution in [0.1, 0.15) is 33.7 Å². The van der Waals surface area contributed by atoms with Gasteiger partial charge in [-0.05, 0) is 59.9 Å². The number of ketones is 1. The largest absolute Gasteiger partial charge is 0.298 e. The number of nitrogens with zero attached hydrogens (tertiary/aromatic N) is 1. The van der Waals surface area contributed by atoms with Crippen molar-refractivity contribution in [2.24, 2.45) is 0 Å². The molecule has 1 aromatic heterocycles. The van der Waals surface area contributed by atoms with Crippen LogP contribution in [0.4, 0.5) is 4.39 Å². The molecule has 0 amide bonds. The lowest BCUT2D eigenvalue weighted by Crippen LogP contribution is -2.18. The number of carbonyl (C=O) groups excluding carboxylic acids is 1. The van der Waals surface area contributed by atoms with Gasteiger partial charge in [0.05, 0.1) is 5.92 Å². The fourth-order valence-electron chi connectivity index (χ4n) is 3.12. The molecule has 4 heteroatoms. The van der Waals surface area contributed by atoms with Gasteiger partial charge in [-0.1, -0.05) is 52.3 Å². The number of hydrogen-bond donors (Lipinski definition) is 0. The van der Waals surface area contributed by atoms with Crippen molar-refractivity contribution in [3.8, 4) is 0 Å². The molecule has 0 fully saturated rings. The van der Waals surface area contributed by atoms with Crippen molar-refractivity contribution in [3.05, 3.63) is 99.0 Å². The van der Waals surface area contributed by atoms with Gasteiger partial charge in [0.15, 0.2) is 0 Å². The number of carbonyl (C=O) groups is 1. The van der Waals surface area contributed by atoms with Crippen LogP contribution in [-0.4, -0.2) is 10.8 Å². The van der Waals surface area contributed by atoms with E-state index in [1.54, 1.807) is 0 Å². The van der Waals surface area contributed by atoms with E-state index in [1.807, 2.05) is 62.4 Å². The van der Waals surface area contributed by atoms with Crippen molar-refractivity contribution in [1.29, 1.82) is 0 Å². The Hall–Kier alpha value is -2.33. The average Bonchev–Trinajstić information content (AvgIpc) is 2.62. The van der Waals surface area contributed by atoms with E-state index in [4.69, 9.17) is 0 Å². The lowest BCUT2D eigenvalue weighted by atomic mass is 9.83. The number of pyridine rings is 1. The van der Waals surface area contributed by atoms with Crippen LogP contribution in [0.3, 0.4) is 0 Å². The second kappa shape index (κ2) is 7.92. The zero-order valence-corrected chi connectivity index (χ0v) is 16.3. The molecule has 0 radical (unpaired) electrons. The van der Waals surface area contributed by atoms with Crippen LogP contribution in [0.15, 0.2) is 65.3 Å². The summed E-state index contributed by atoms with van der Waals surface area (Å²) in [6.45, 7) is 3.85. The van der Waals surface area contributed by atoms with E-state index in [1.165, 1.54) is 12.3 Å². The van der Waals surface area contributed by atoms with Crippen LogP contribution in [0.5, 0.6) is 0 Å². The minimum atomic E-state index is -0.561. The highest BCUT2D eigenvalue weighted by atomic mass is 79.9. The molecule has 2 nitrogen and oxygen atoms in total. The number of Topliss-reactive ketones (excluding diaryl/α,β-unsaturated/α-hetero) is 1. The van der Waals surface area contributed by atoms with E-state index < -0.39 is 5.95 Å². The minimum Gasteiger partial charge on any atom is -0.298 e. The smallest absolute Gasteiger partial charge is 0.213 e. The summed E-state index contributed by atoms with van der Waals surface area (Å²) in [6.07, 6.45) is 1.64. The topological polar surface area (TPSA) is 30.0 Å². The van der Waals surface area contributed by atoms with Crippen LogP contribution in [-0.2, 0) is 11.2 Å². The summed E-state index contributed by atoms with van der Waals surface area (Å²) >= 11 is 3.44. The quantitative estimate of drug-likeness (QED) is 0.515. The Bertz CT molecular complexity index is 937. The third-order valence-corrected chi connectivity index (χ3v) is 5.10. The molecule has 0 aliphatic carbocycles. The summed E-state index contributed by atoms with van der Waals surface area (Å²) in [5.74, 6) is -0.912. The predicted molar refractivity (Wildman–Crippen MR) is 105 cm³/mol. The van der Waals surface area contributed by atoms with Crippen molar-refractivity contribution in [2.75, 3.05) is 0 Å². The van der Waals surface area contributed by atoms with E-state index in [0.717, 1.165) is 26.7 Å². The second-order valence-electron chi connectivity index (χ2n) is 6.42. The van der Waals surface area contributed by atoms with Gasteiger partial charge in [-0.2, -0.15) is 4.39 Å². The highest BCUT2D eigenvalue weighted by Crippen LogP contribution is 2.30. The van der Waals surface area contributed by atoms with E-state index in [0.29, 0.717) is 5.56 Å². The molecule has 0 spiro atoms. The number of benzene rings is 2. The van der Waals surface area contributed by atoms with E-state index in [9.17, 15) is 9.18 Å². The van der Waals surface area contributed by atoms with Gasteiger partial charge in [0, 0.05) is 17.1 Å². The van der Waals surface area contributed by atoms with Gasteiger partial charge < -0.3 is 0 Å². The predicted octanol–water partition coefficient (Wildman–Crippen LogP) is 5.54. The zero-order valence-electron chi connectivity index (χ0n) is 14.7. The number of halogens is 2. The Labute approximate surface area is 161 Å².